The van der Waals surface area contributed by atoms with Crippen LogP contribution in [0, 0.1) is 0 Å². The first-order chi connectivity index (χ1) is 5.36. The summed E-state index contributed by atoms with van der Waals surface area (Å²) in [4.78, 5) is 0. The van der Waals surface area contributed by atoms with Crippen LogP contribution < -0.4 is 0 Å². The van der Waals surface area contributed by atoms with Crippen LogP contribution in [0.2, 0.25) is 0 Å². The van der Waals surface area contributed by atoms with Crippen LogP contribution in [-0.2, 0) is 4.74 Å². The lowest BCUT2D eigenvalue weighted by atomic mass is 9.94. The van der Waals surface area contributed by atoms with E-state index in [0.29, 0.717) is 0 Å². The summed E-state index contributed by atoms with van der Waals surface area (Å²) in [6, 6.07) is 0. The van der Waals surface area contributed by atoms with Gasteiger partial charge in [0, 0.05) is 6.42 Å². The van der Waals surface area contributed by atoms with Crippen molar-refractivity contribution in [1.29, 1.82) is 0 Å². The maximum absolute atomic E-state index is 5.57. The molecule has 0 aromatic carbocycles. The molecule has 0 unspecified atom stereocenters. The van der Waals surface area contributed by atoms with Crippen molar-refractivity contribution in [3.8, 4) is 0 Å². The summed E-state index contributed by atoms with van der Waals surface area (Å²) in [5.74, 6) is 1.27. The van der Waals surface area contributed by atoms with Gasteiger partial charge in [0.1, 0.15) is 0 Å². The topological polar surface area (TPSA) is 9.23 Å². The van der Waals surface area contributed by atoms with Crippen molar-refractivity contribution in [2.24, 2.45) is 0 Å². The van der Waals surface area contributed by atoms with E-state index in [0.717, 1.165) is 13.0 Å². The molecule has 60 valence electrons. The average Bonchev–Trinajstić information content (AvgIpc) is 2.04. The third-order valence-corrected chi connectivity index (χ3v) is 2.39. The van der Waals surface area contributed by atoms with E-state index in [-0.39, 0.29) is 0 Å². The zero-order valence-electron chi connectivity index (χ0n) is 7.02. The molecule has 1 heterocycles. The lowest BCUT2D eigenvalue weighted by molar-refractivity contribution is 0.178. The van der Waals surface area contributed by atoms with Gasteiger partial charge in [-0.05, 0) is 31.8 Å². The monoisotopic (exact) mass is 150 g/mol. The molecule has 0 radical (unpaired) electrons. The molecule has 11 heavy (non-hydrogen) atoms. The summed E-state index contributed by atoms with van der Waals surface area (Å²) >= 11 is 0. The second kappa shape index (κ2) is 2.72. The van der Waals surface area contributed by atoms with Gasteiger partial charge in [-0.2, -0.15) is 0 Å². The van der Waals surface area contributed by atoms with E-state index in [4.69, 9.17) is 4.74 Å². The average molecular weight is 150 g/mol. The molecular formula is C10H14O. The smallest absolute Gasteiger partial charge is 0.0994 e. The standard InChI is InChI=1S/C10H14O/c1-8-4-5-10-9(7-8)3-2-6-11-10/h7H,2-6H2,1H3. The molecule has 0 spiro atoms. The molecule has 1 nitrogen and oxygen atoms in total. The highest BCUT2D eigenvalue weighted by atomic mass is 16.5. The fourth-order valence-electron chi connectivity index (χ4n) is 1.76. The van der Waals surface area contributed by atoms with E-state index in [1.54, 1.807) is 0 Å². The predicted octanol–water partition coefficient (Wildman–Crippen LogP) is 2.79. The Hall–Kier alpha value is -0.720. The maximum Gasteiger partial charge on any atom is 0.0994 e. The van der Waals surface area contributed by atoms with Gasteiger partial charge in [0.25, 0.3) is 0 Å². The van der Waals surface area contributed by atoms with Gasteiger partial charge in [-0.1, -0.05) is 11.6 Å². The van der Waals surface area contributed by atoms with Crippen LogP contribution in [0.1, 0.15) is 32.6 Å². The first-order valence-corrected chi connectivity index (χ1v) is 4.38. The Labute approximate surface area is 67.7 Å². The van der Waals surface area contributed by atoms with Crippen LogP contribution in [0.15, 0.2) is 23.0 Å². The van der Waals surface area contributed by atoms with Crippen molar-refractivity contribution in [1.82, 2.24) is 0 Å². The van der Waals surface area contributed by atoms with E-state index in [1.807, 2.05) is 0 Å². The zero-order valence-corrected chi connectivity index (χ0v) is 7.02. The molecule has 2 rings (SSSR count). The minimum atomic E-state index is 0.936. The van der Waals surface area contributed by atoms with E-state index in [2.05, 4.69) is 13.0 Å². The number of rotatable bonds is 0. The van der Waals surface area contributed by atoms with E-state index in [1.165, 1.54) is 36.2 Å². The SMILES string of the molecule is CC1=CC2=C(CC1)OCCC2. The van der Waals surface area contributed by atoms with Crippen molar-refractivity contribution in [3.05, 3.63) is 23.0 Å². The molecule has 0 atom stereocenters. The van der Waals surface area contributed by atoms with Crippen molar-refractivity contribution in [2.75, 3.05) is 6.61 Å². The Morgan fingerprint density at radius 1 is 1.27 bits per heavy atom. The molecule has 0 fully saturated rings. The van der Waals surface area contributed by atoms with E-state index in [9.17, 15) is 0 Å². The summed E-state index contributed by atoms with van der Waals surface area (Å²) in [7, 11) is 0. The fraction of sp³-hybridized carbons (Fsp3) is 0.600. The van der Waals surface area contributed by atoms with Crippen LogP contribution >= 0.6 is 0 Å². The molecule has 0 saturated carbocycles. The van der Waals surface area contributed by atoms with Crippen LogP contribution in [0.25, 0.3) is 0 Å². The van der Waals surface area contributed by atoms with Crippen LogP contribution in [-0.4, -0.2) is 6.61 Å². The molecular weight excluding hydrogens is 136 g/mol. The third-order valence-electron chi connectivity index (χ3n) is 2.39. The van der Waals surface area contributed by atoms with Gasteiger partial charge < -0.3 is 4.74 Å². The molecule has 0 aromatic rings. The van der Waals surface area contributed by atoms with Crippen molar-refractivity contribution < 1.29 is 4.74 Å². The summed E-state index contributed by atoms with van der Waals surface area (Å²) in [6.07, 6.45) is 7.06. The molecule has 0 saturated heterocycles. The lowest BCUT2D eigenvalue weighted by Gasteiger charge is -2.23. The van der Waals surface area contributed by atoms with Crippen molar-refractivity contribution >= 4 is 0 Å². The highest BCUT2D eigenvalue weighted by molar-refractivity contribution is 5.31. The lowest BCUT2D eigenvalue weighted by Crippen LogP contribution is -2.09. The summed E-state index contributed by atoms with van der Waals surface area (Å²) < 4.78 is 5.57. The predicted molar refractivity (Wildman–Crippen MR) is 45.2 cm³/mol. The number of hydrogen-bond donors (Lipinski definition) is 0. The second-order valence-corrected chi connectivity index (χ2v) is 3.39. The Morgan fingerprint density at radius 3 is 3.09 bits per heavy atom. The molecule has 1 aliphatic heterocycles. The van der Waals surface area contributed by atoms with Gasteiger partial charge in [0.15, 0.2) is 0 Å². The van der Waals surface area contributed by atoms with Gasteiger partial charge in [0.05, 0.1) is 12.4 Å². The minimum absolute atomic E-state index is 0.936. The summed E-state index contributed by atoms with van der Waals surface area (Å²) in [5, 5.41) is 0. The first kappa shape index (κ1) is 6.96. The Balaban J connectivity index is 2.25. The molecule has 0 amide bonds. The van der Waals surface area contributed by atoms with Crippen molar-refractivity contribution in [3.63, 3.8) is 0 Å². The van der Waals surface area contributed by atoms with Gasteiger partial charge in [-0.25, -0.2) is 0 Å². The van der Waals surface area contributed by atoms with Crippen LogP contribution in [0.5, 0.6) is 0 Å². The summed E-state index contributed by atoms with van der Waals surface area (Å²) in [6.45, 7) is 3.14. The second-order valence-electron chi connectivity index (χ2n) is 3.39. The molecule has 0 N–H and O–H groups in total. The molecule has 0 aromatic heterocycles. The first-order valence-electron chi connectivity index (χ1n) is 4.38. The quantitative estimate of drug-likeness (QED) is 0.516. The highest BCUT2D eigenvalue weighted by Gasteiger charge is 2.15. The fourth-order valence-corrected chi connectivity index (χ4v) is 1.76. The highest BCUT2D eigenvalue weighted by Crippen LogP contribution is 2.30. The number of hydrogen-bond acceptors (Lipinski definition) is 1. The van der Waals surface area contributed by atoms with Crippen molar-refractivity contribution in [2.45, 2.75) is 32.6 Å². The maximum atomic E-state index is 5.57. The normalized spacial score (nSPS) is 23.9. The molecule has 1 aliphatic carbocycles. The van der Waals surface area contributed by atoms with E-state index >= 15 is 0 Å². The van der Waals surface area contributed by atoms with Gasteiger partial charge in [0.2, 0.25) is 0 Å². The Morgan fingerprint density at radius 2 is 2.18 bits per heavy atom. The van der Waals surface area contributed by atoms with Gasteiger partial charge >= 0.3 is 0 Å². The van der Waals surface area contributed by atoms with Crippen LogP contribution in [0.3, 0.4) is 0 Å². The number of ether oxygens (including phenoxy) is 1. The van der Waals surface area contributed by atoms with Crippen LogP contribution in [0.4, 0.5) is 0 Å². The molecule has 1 heteroatoms. The molecule has 2 aliphatic rings. The van der Waals surface area contributed by atoms with Gasteiger partial charge in [-0.15, -0.1) is 0 Å². The molecule has 0 bridgehead atoms. The zero-order chi connectivity index (χ0) is 7.68. The summed E-state index contributed by atoms with van der Waals surface area (Å²) in [5.41, 5.74) is 2.97. The Bertz CT molecular complexity index is 223. The minimum Gasteiger partial charge on any atom is -0.498 e. The van der Waals surface area contributed by atoms with E-state index < -0.39 is 0 Å². The van der Waals surface area contributed by atoms with Gasteiger partial charge in [-0.3, -0.25) is 0 Å². The number of allylic oxidation sites excluding steroid dienone is 4. The Kier molecular flexibility index (Phi) is 1.72. The third kappa shape index (κ3) is 1.32. The largest absolute Gasteiger partial charge is 0.498 e.